The third-order valence-electron chi connectivity index (χ3n) is 0. The second-order valence-electron chi connectivity index (χ2n) is 0.894. The van der Waals surface area contributed by atoms with Gasteiger partial charge in [-0.25, -0.2) is 0 Å². The Morgan fingerprint density at radius 3 is 0.571 bits per heavy atom. The number of hydrogen-bond donors (Lipinski definition) is 0. The summed E-state index contributed by atoms with van der Waals surface area (Å²) in [5, 5.41) is 0. The van der Waals surface area contributed by atoms with Gasteiger partial charge in [0.1, 0.15) is 0 Å². The van der Waals surface area contributed by atoms with Gasteiger partial charge in [0.05, 0.1) is 0 Å². The van der Waals surface area contributed by atoms with Crippen molar-refractivity contribution in [2.75, 3.05) is 0 Å². The quantitative estimate of drug-likeness (QED) is 0.283. The second kappa shape index (κ2) is 15.0. The zero-order valence-corrected chi connectivity index (χ0v) is 17.4. The molecule has 14 heteroatoms. The maximum Gasteiger partial charge on any atom is 2.00 e. The molecule has 0 aromatic rings. The van der Waals surface area contributed by atoms with Gasteiger partial charge in [0.2, 0.25) is 0 Å². The fourth-order valence-electron chi connectivity index (χ4n) is 0. The summed E-state index contributed by atoms with van der Waals surface area (Å²) in [4.78, 5) is 51.3. The van der Waals surface area contributed by atoms with Gasteiger partial charge in [0, 0.05) is 0 Å². The first kappa shape index (κ1) is 36.0. The maximum absolute atomic E-state index is 8.55. The average molecular weight is 406 g/mol. The Labute approximate surface area is 117 Å². The fraction of sp³-hybridized carbons (Fsp3) is 0. The van der Waals surface area contributed by atoms with Crippen LogP contribution in [0.4, 0.5) is 4.70 Å². The molecule has 0 aliphatic carbocycles. The first-order chi connectivity index (χ1) is 4.00. The summed E-state index contributed by atoms with van der Waals surface area (Å²) < 4.78 is 17.1. The minimum Gasteiger partial charge on any atom is -0.822 e. The Bertz CT molecular complexity index is 135. The van der Waals surface area contributed by atoms with Crippen molar-refractivity contribution >= 4 is 15.6 Å². The monoisotopic (exact) mass is 402 g/mol. The summed E-state index contributed by atoms with van der Waals surface area (Å²) in [5.41, 5.74) is 0. The van der Waals surface area contributed by atoms with Crippen LogP contribution in [0.25, 0.3) is 0 Å². The van der Waals surface area contributed by atoms with Crippen molar-refractivity contribution in [3.63, 3.8) is 0 Å². The molecule has 0 rings (SSSR count). The minimum absolute atomic E-state index is 0. The van der Waals surface area contributed by atoms with E-state index in [-0.39, 0.29) is 63.1 Å². The third kappa shape index (κ3) is 582. The molecule has 0 amide bonds. The SMILES string of the molecule is F.O=P([O-])([O-])[O-].O=P([O-])([O-])[O-].[Zn+2].[Zn+2].[Zn+2]. The van der Waals surface area contributed by atoms with Crippen LogP contribution in [0.3, 0.4) is 0 Å². The average Bonchev–Trinajstić information content (AvgIpc) is 1.12. The first-order valence-corrected chi connectivity index (χ1v) is 4.38. The molecule has 0 aliphatic heterocycles. The van der Waals surface area contributed by atoms with Crippen molar-refractivity contribution < 1.29 is 102 Å². The molecule has 0 aromatic carbocycles. The third-order valence-corrected chi connectivity index (χ3v) is 0. The van der Waals surface area contributed by atoms with Gasteiger partial charge in [-0.05, 0) is 0 Å². The molecule has 0 unspecified atom stereocenters. The molecule has 0 aliphatic rings. The van der Waals surface area contributed by atoms with Crippen LogP contribution < -0.4 is 29.4 Å². The zero-order chi connectivity index (χ0) is 9.00. The Balaban J connectivity index is -0.0000000178. The van der Waals surface area contributed by atoms with Gasteiger partial charge in [-0.1, -0.05) is 0 Å². The van der Waals surface area contributed by atoms with Crippen molar-refractivity contribution in [3.05, 3.63) is 0 Å². The molecular weight excluding hydrogens is 405 g/mol. The molecule has 0 bridgehead atoms. The first-order valence-electron chi connectivity index (χ1n) is 1.46. The standard InChI is InChI=1S/FH.2H3O4P.3Zn/c;2*1-5(2,3)4;;;/h1H;2*(H3,1,2,3,4);;;/q;;;3*+2/p-6. The smallest absolute Gasteiger partial charge is 0.822 e. The summed E-state index contributed by atoms with van der Waals surface area (Å²) in [6.45, 7) is 0. The van der Waals surface area contributed by atoms with E-state index < -0.39 is 15.6 Å². The molecule has 0 saturated heterocycles. The molecule has 14 heavy (non-hydrogen) atoms. The summed E-state index contributed by atoms with van der Waals surface area (Å²) in [5.74, 6) is 0. The predicted octanol–water partition coefficient (Wildman–Crippen LogP) is -5.50. The Morgan fingerprint density at radius 1 is 0.571 bits per heavy atom. The molecule has 0 heterocycles. The van der Waals surface area contributed by atoms with Gasteiger partial charge in [0.25, 0.3) is 0 Å². The van der Waals surface area contributed by atoms with Crippen LogP contribution in [0, 0.1) is 0 Å². The van der Waals surface area contributed by atoms with Crippen molar-refractivity contribution in [2.45, 2.75) is 0 Å². The van der Waals surface area contributed by atoms with Gasteiger partial charge in [-0.2, -0.15) is 15.6 Å². The maximum atomic E-state index is 8.55. The van der Waals surface area contributed by atoms with Crippen LogP contribution in [0.2, 0.25) is 0 Å². The van der Waals surface area contributed by atoms with E-state index in [1.165, 1.54) is 0 Å². The molecule has 0 N–H and O–H groups in total. The number of halogens is 1. The van der Waals surface area contributed by atoms with Crippen molar-refractivity contribution in [1.82, 2.24) is 0 Å². The molecule has 0 saturated carbocycles. The van der Waals surface area contributed by atoms with Gasteiger partial charge in [-0.3, -0.25) is 4.70 Å². The fourth-order valence-corrected chi connectivity index (χ4v) is 0. The molecule has 0 spiro atoms. The second-order valence-corrected chi connectivity index (χ2v) is 2.68. The van der Waals surface area contributed by atoms with Crippen molar-refractivity contribution in [2.24, 2.45) is 0 Å². The zero-order valence-electron chi connectivity index (χ0n) is 6.69. The Kier molecular flexibility index (Phi) is 38.6. The van der Waals surface area contributed by atoms with Crippen LogP contribution in [0.15, 0.2) is 0 Å². The van der Waals surface area contributed by atoms with Gasteiger partial charge >= 0.3 is 58.4 Å². The van der Waals surface area contributed by atoms with Crippen LogP contribution in [0.5, 0.6) is 0 Å². The Hall–Kier alpha value is 2.02. The topological polar surface area (TPSA) is 172 Å². The van der Waals surface area contributed by atoms with Crippen LogP contribution in [0.1, 0.15) is 0 Å². The molecule has 72 valence electrons. The van der Waals surface area contributed by atoms with E-state index in [0.717, 1.165) is 0 Å². The van der Waals surface area contributed by atoms with Crippen molar-refractivity contribution in [1.29, 1.82) is 0 Å². The molecule has 0 fully saturated rings. The normalized spacial score (nSPS) is 8.43. The molecule has 0 atom stereocenters. The van der Waals surface area contributed by atoms with E-state index in [1.54, 1.807) is 0 Å². The molecule has 0 radical (unpaired) electrons. The van der Waals surface area contributed by atoms with Gasteiger partial charge < -0.3 is 38.5 Å². The summed E-state index contributed by atoms with van der Waals surface area (Å²) in [6, 6.07) is 0. The van der Waals surface area contributed by atoms with Gasteiger partial charge in [0.15, 0.2) is 0 Å². The van der Waals surface area contributed by atoms with E-state index >= 15 is 0 Å². The summed E-state index contributed by atoms with van der Waals surface area (Å²) >= 11 is 0. The van der Waals surface area contributed by atoms with Gasteiger partial charge in [-0.15, -0.1) is 0 Å². The Morgan fingerprint density at radius 2 is 0.571 bits per heavy atom. The predicted molar refractivity (Wildman–Crippen MR) is 17.7 cm³/mol. The molecule has 0 aromatic heterocycles. The summed E-state index contributed by atoms with van der Waals surface area (Å²) in [6.07, 6.45) is 0. The summed E-state index contributed by atoms with van der Waals surface area (Å²) in [7, 11) is -10.8. The molecule has 8 nitrogen and oxygen atoms in total. The van der Waals surface area contributed by atoms with E-state index in [1.807, 2.05) is 0 Å². The van der Waals surface area contributed by atoms with Crippen LogP contribution in [-0.2, 0) is 67.6 Å². The number of phosphoric acid groups is 2. The van der Waals surface area contributed by atoms with Crippen LogP contribution in [-0.4, -0.2) is 0 Å². The largest absolute Gasteiger partial charge is 2.00 e. The number of rotatable bonds is 0. The van der Waals surface area contributed by atoms with Crippen LogP contribution >= 0.6 is 15.6 Å². The van der Waals surface area contributed by atoms with E-state index in [4.69, 9.17) is 38.5 Å². The van der Waals surface area contributed by atoms with E-state index in [2.05, 4.69) is 0 Å². The van der Waals surface area contributed by atoms with E-state index in [0.29, 0.717) is 0 Å². The van der Waals surface area contributed by atoms with Crippen molar-refractivity contribution in [3.8, 4) is 0 Å². The van der Waals surface area contributed by atoms with E-state index in [9.17, 15) is 0 Å². The molecular formula is HFO8P2Zn3. The minimum atomic E-state index is -5.39. The number of hydrogen-bond acceptors (Lipinski definition) is 8.